The average molecular weight is 934 g/mol. The van der Waals surface area contributed by atoms with Crippen LogP contribution in [0.1, 0.15) is 30.8 Å². The molecule has 0 atom stereocenters. The van der Waals surface area contributed by atoms with Crippen LogP contribution in [0.4, 0.5) is 0 Å². The van der Waals surface area contributed by atoms with Crippen LogP contribution in [0.5, 0.6) is 11.5 Å². The Morgan fingerprint density at radius 2 is 1.28 bits per heavy atom. The van der Waals surface area contributed by atoms with Crippen LogP contribution in [0.2, 0.25) is 0 Å². The van der Waals surface area contributed by atoms with Crippen LogP contribution in [0.25, 0.3) is 6.08 Å². The second-order valence-corrected chi connectivity index (χ2v) is 11.1. The van der Waals surface area contributed by atoms with E-state index in [0.29, 0.717) is 0 Å². The summed E-state index contributed by atoms with van der Waals surface area (Å²) in [6, 6.07) is 7.96. The molecule has 0 bridgehead atoms. The van der Waals surface area contributed by atoms with E-state index < -0.39 is 6.82 Å². The van der Waals surface area contributed by atoms with Gasteiger partial charge in [0.05, 0.1) is 15.1 Å². The zero-order valence-electron chi connectivity index (χ0n) is 20.9. The molecule has 0 saturated carbocycles. The van der Waals surface area contributed by atoms with Crippen molar-refractivity contribution in [3.63, 3.8) is 0 Å². The third kappa shape index (κ3) is 4.78. The molecule has 11 heteroatoms. The normalized spacial score (nSPS) is 15.5. The molecule has 5 rings (SSSR count). The number of rotatable bonds is 4. The van der Waals surface area contributed by atoms with Crippen molar-refractivity contribution in [2.75, 3.05) is 0 Å². The molecule has 0 spiro atoms. The van der Waals surface area contributed by atoms with Gasteiger partial charge in [-0.1, -0.05) is 0 Å². The minimum atomic E-state index is -2.22. The molecule has 2 aliphatic heterocycles. The summed E-state index contributed by atoms with van der Waals surface area (Å²) < 4.78 is 25.0. The molecule has 0 fully saturated rings. The van der Waals surface area contributed by atoms with Crippen LogP contribution in [0, 0.1) is 17.4 Å². The Balaban J connectivity index is 0.00000180. The van der Waals surface area contributed by atoms with Crippen LogP contribution in [0.15, 0.2) is 63.9 Å². The Morgan fingerprint density at radius 1 is 0.806 bits per heavy atom. The maximum atomic E-state index is 7.00. The number of pyridine rings is 2. The smallest absolute Gasteiger partial charge is 0.780 e. The maximum absolute atomic E-state index is 7.00. The van der Waals surface area contributed by atoms with Gasteiger partial charge in [-0.3, -0.25) is 0 Å². The molecule has 3 aromatic heterocycles. The van der Waals surface area contributed by atoms with E-state index in [0.717, 1.165) is 34.3 Å². The van der Waals surface area contributed by atoms with Gasteiger partial charge in [-0.05, 0) is 71.5 Å². The van der Waals surface area contributed by atoms with Gasteiger partial charge in [0.25, 0.3) is 0 Å². The van der Waals surface area contributed by atoms with Gasteiger partial charge in [-0.25, -0.2) is 9.13 Å². The van der Waals surface area contributed by atoms with E-state index in [9.17, 15) is 0 Å². The second kappa shape index (κ2) is 11.2. The minimum Gasteiger partial charge on any atom is -1.00 e. The number of halogens is 4. The van der Waals surface area contributed by atoms with Gasteiger partial charge in [0.1, 0.15) is 19.8 Å². The first-order valence-electron chi connectivity index (χ1n) is 11.2. The molecule has 0 unspecified atom stereocenters. The van der Waals surface area contributed by atoms with Crippen LogP contribution >= 0.6 is 45.2 Å². The summed E-state index contributed by atoms with van der Waals surface area (Å²) in [6.45, 7) is 6.42. The molecule has 0 radical (unpaired) electrons. The van der Waals surface area contributed by atoms with Crippen molar-refractivity contribution in [3.05, 3.63) is 84.4 Å². The van der Waals surface area contributed by atoms with E-state index in [2.05, 4.69) is 87.9 Å². The summed E-state index contributed by atoms with van der Waals surface area (Å²) in [4.78, 5) is 0. The number of fused-ring (bicyclic) bond motifs is 2. The number of aromatic nitrogens is 3. The zero-order valence-corrected chi connectivity index (χ0v) is 29.5. The van der Waals surface area contributed by atoms with Crippen LogP contribution < -0.4 is 66.4 Å². The van der Waals surface area contributed by atoms with Gasteiger partial charge >= 0.3 is 6.82 Å². The van der Waals surface area contributed by atoms with Crippen molar-refractivity contribution in [2.45, 2.75) is 27.7 Å². The average Bonchev–Trinajstić information content (AvgIpc) is 3.17. The fourth-order valence-electron chi connectivity index (χ4n) is 4.86. The van der Waals surface area contributed by atoms with Crippen LogP contribution in [-0.2, 0) is 14.1 Å². The molecule has 0 amide bonds. The van der Waals surface area contributed by atoms with E-state index in [4.69, 9.17) is 9.31 Å². The molecule has 0 aliphatic carbocycles. The summed E-state index contributed by atoms with van der Waals surface area (Å²) in [5.41, 5.74) is 6.95. The van der Waals surface area contributed by atoms with E-state index >= 15 is 0 Å². The van der Waals surface area contributed by atoms with Gasteiger partial charge in [0, 0.05) is 57.8 Å². The third-order valence-corrected chi connectivity index (χ3v) is 9.88. The van der Waals surface area contributed by atoms with Gasteiger partial charge in [-0.15, -0.1) is 0 Å². The highest BCUT2D eigenvalue weighted by Crippen LogP contribution is 2.42. The van der Waals surface area contributed by atoms with Crippen molar-refractivity contribution in [2.24, 2.45) is 14.1 Å². The number of hydrogen-bond donors (Lipinski definition) is 0. The van der Waals surface area contributed by atoms with Crippen LogP contribution in [-0.4, -0.2) is 21.5 Å². The number of nitrogens with zero attached hydrogens (tertiary/aromatic N) is 4. The molecule has 36 heavy (non-hydrogen) atoms. The van der Waals surface area contributed by atoms with E-state index in [1.165, 1.54) is 18.3 Å². The predicted molar refractivity (Wildman–Crippen MR) is 150 cm³/mol. The van der Waals surface area contributed by atoms with E-state index in [1.54, 1.807) is 0 Å². The first kappa shape index (κ1) is 29.9. The maximum Gasteiger partial charge on any atom is 0.780 e. The van der Waals surface area contributed by atoms with Crippen molar-refractivity contribution < 1.29 is 70.9 Å². The molecule has 5 heterocycles. The molecule has 6 nitrogen and oxygen atoms in total. The van der Waals surface area contributed by atoms with E-state index in [1.807, 2.05) is 72.3 Å². The first-order valence-corrected chi connectivity index (χ1v) is 13.3. The Kier molecular flexibility index (Phi) is 9.29. The fourth-order valence-corrected chi connectivity index (χ4v) is 5.94. The van der Waals surface area contributed by atoms with Crippen molar-refractivity contribution >= 4 is 63.8 Å². The molecule has 3 aromatic rings. The Morgan fingerprint density at radius 3 is 1.75 bits per heavy atom. The van der Waals surface area contributed by atoms with Crippen molar-refractivity contribution in [1.29, 1.82) is 0 Å². The highest BCUT2D eigenvalue weighted by atomic mass is 127. The highest BCUT2D eigenvalue weighted by molar-refractivity contribution is 14.1. The molecular weight excluding hydrogens is 907 g/mol. The lowest BCUT2D eigenvalue weighted by Crippen LogP contribution is -3.00. The summed E-state index contributed by atoms with van der Waals surface area (Å²) in [6.07, 6.45) is 10.2. The summed E-state index contributed by atoms with van der Waals surface area (Å²) in [5, 5.41) is 0. The Labute approximate surface area is 273 Å². The van der Waals surface area contributed by atoms with Gasteiger partial charge in [0.15, 0.2) is 30.5 Å². The number of hydrogen-bond acceptors (Lipinski definition) is 2. The molecule has 0 saturated heterocycles. The summed E-state index contributed by atoms with van der Waals surface area (Å²) in [5.74, 6) is 1.50. The lowest BCUT2D eigenvalue weighted by molar-refractivity contribution is -0.671. The van der Waals surface area contributed by atoms with Crippen molar-refractivity contribution in [3.8, 4) is 11.5 Å². The largest absolute Gasteiger partial charge is 1.00 e. The highest BCUT2D eigenvalue weighted by Gasteiger charge is 2.60. The monoisotopic (exact) mass is 934 g/mol. The molecular formula is C25H27BI4N4O2. The quantitative estimate of drug-likeness (QED) is 0.179. The van der Waals surface area contributed by atoms with E-state index in [-0.39, 0.29) is 48.0 Å². The first-order chi connectivity index (χ1) is 16.1. The topological polar surface area (TPSA) is 34.2 Å². The molecule has 190 valence electrons. The minimum absolute atomic E-state index is 0. The van der Waals surface area contributed by atoms with Gasteiger partial charge in [0.2, 0.25) is 0 Å². The van der Waals surface area contributed by atoms with Crippen LogP contribution in [0.3, 0.4) is 0 Å². The van der Waals surface area contributed by atoms with Gasteiger partial charge < -0.3 is 66.2 Å². The standard InChI is InChI=1S/C25H27BI2N4O2.2HI/c1-16-22-15-23-17(2)25(28)19(4)32(23)26(31(22)18(3)24(16)27,33-20-7-11-29(5)12-8-20)34-21-9-13-30(6)14-10-21;;/h7-15H,1-6H3;2*1H/q+2;;/p-2. The lowest BCUT2D eigenvalue weighted by atomic mass is 9.80. The molecule has 0 N–H and O–H groups in total. The fraction of sp³-hybridized carbons (Fsp3) is 0.240. The molecule has 2 aliphatic rings. The van der Waals surface area contributed by atoms with Crippen molar-refractivity contribution in [1.82, 2.24) is 4.48 Å². The summed E-state index contributed by atoms with van der Waals surface area (Å²) in [7, 11) is 4.00. The predicted octanol–water partition coefficient (Wildman–Crippen LogP) is -1.64. The number of allylic oxidation sites excluding steroid dienone is 2. The Hall–Kier alpha value is -0.685. The zero-order chi connectivity index (χ0) is 24.4. The third-order valence-electron chi connectivity index (χ3n) is 6.70. The summed E-state index contributed by atoms with van der Waals surface area (Å²) >= 11 is 4.88. The van der Waals surface area contributed by atoms with Gasteiger partial charge in [-0.2, -0.15) is 0 Å². The molecule has 0 aromatic carbocycles. The SMILES string of the molecule is CC1=C(I)C(C)=[N+]2C1=Cc1c(C)c(I)c(C)n1[B-]2(Oc1cc[n+](C)cc1)Oc1cc[n+](C)cc1.[I-].[I-]. The number of aryl methyl sites for hydroxylation is 2. The Bertz CT molecular complexity index is 1380. The second-order valence-electron chi connectivity index (χ2n) is 8.97. The lowest BCUT2D eigenvalue weighted by Gasteiger charge is -2.41.